The average molecular weight is 308 g/mol. The Labute approximate surface area is 116 Å². The highest BCUT2D eigenvalue weighted by molar-refractivity contribution is 7.11. The van der Waals surface area contributed by atoms with Crippen LogP contribution in [-0.4, -0.2) is 9.97 Å². The summed E-state index contributed by atoms with van der Waals surface area (Å²) in [6.45, 7) is 2.35. The van der Waals surface area contributed by atoms with Crippen molar-refractivity contribution in [3.05, 3.63) is 38.9 Å². The number of aromatic nitrogens is 2. The number of halogens is 4. The highest BCUT2D eigenvalue weighted by Crippen LogP contribution is 2.29. The van der Waals surface area contributed by atoms with Gasteiger partial charge in [0.2, 0.25) is 5.28 Å². The summed E-state index contributed by atoms with van der Waals surface area (Å²) < 4.78 is 37.6. The number of rotatable bonds is 3. The van der Waals surface area contributed by atoms with Crippen LogP contribution in [0.3, 0.4) is 0 Å². The maximum absolute atomic E-state index is 12.5. The lowest BCUT2D eigenvalue weighted by atomic mass is 10.3. The molecule has 3 nitrogen and oxygen atoms in total. The Morgan fingerprint density at radius 2 is 2.05 bits per heavy atom. The van der Waals surface area contributed by atoms with Crippen molar-refractivity contribution < 1.29 is 13.2 Å². The second-order valence-corrected chi connectivity index (χ2v) is 5.48. The molecule has 2 aromatic rings. The van der Waals surface area contributed by atoms with Crippen LogP contribution in [-0.2, 0) is 12.7 Å². The number of alkyl halides is 3. The van der Waals surface area contributed by atoms with Crippen LogP contribution in [0.5, 0.6) is 0 Å². The zero-order chi connectivity index (χ0) is 14.0. The van der Waals surface area contributed by atoms with Gasteiger partial charge in [0.05, 0.1) is 6.54 Å². The fourth-order valence-electron chi connectivity index (χ4n) is 1.41. The highest BCUT2D eigenvalue weighted by Gasteiger charge is 2.33. The number of thiophene rings is 1. The molecule has 0 fully saturated rings. The topological polar surface area (TPSA) is 37.8 Å². The Kier molecular flexibility index (Phi) is 3.96. The quantitative estimate of drug-likeness (QED) is 0.866. The Balaban J connectivity index is 2.14. The number of anilines is 1. The zero-order valence-corrected chi connectivity index (χ0v) is 11.3. The molecule has 102 valence electrons. The molecule has 0 aliphatic heterocycles. The van der Waals surface area contributed by atoms with E-state index in [1.807, 2.05) is 19.1 Å². The van der Waals surface area contributed by atoms with Gasteiger partial charge in [-0.05, 0) is 30.7 Å². The molecule has 0 atom stereocenters. The molecule has 1 N–H and O–H groups in total. The molecule has 0 aliphatic rings. The standard InChI is InChI=1S/C11H9ClF3N3S/c1-6-2-3-7(19-6)5-16-9-4-8(11(13,14)15)17-10(12)18-9/h2-4H,5H2,1H3,(H,16,17,18). The highest BCUT2D eigenvalue weighted by atomic mass is 35.5. The average Bonchev–Trinajstić information content (AvgIpc) is 2.71. The fourth-order valence-corrected chi connectivity index (χ4v) is 2.42. The van der Waals surface area contributed by atoms with Crippen molar-refractivity contribution in [1.29, 1.82) is 0 Å². The van der Waals surface area contributed by atoms with Crippen molar-refractivity contribution in [2.24, 2.45) is 0 Å². The summed E-state index contributed by atoms with van der Waals surface area (Å²) in [6, 6.07) is 4.68. The van der Waals surface area contributed by atoms with Crippen LogP contribution in [0.15, 0.2) is 18.2 Å². The number of hydrogen-bond donors (Lipinski definition) is 1. The molecule has 0 amide bonds. The van der Waals surface area contributed by atoms with E-state index in [2.05, 4.69) is 15.3 Å². The van der Waals surface area contributed by atoms with Crippen molar-refractivity contribution in [2.45, 2.75) is 19.6 Å². The third-order valence-electron chi connectivity index (χ3n) is 2.23. The molecule has 0 unspecified atom stereocenters. The summed E-state index contributed by atoms with van der Waals surface area (Å²) in [5, 5.41) is 2.37. The zero-order valence-electron chi connectivity index (χ0n) is 9.75. The third kappa shape index (κ3) is 3.81. The van der Waals surface area contributed by atoms with Crippen molar-refractivity contribution in [1.82, 2.24) is 9.97 Å². The minimum Gasteiger partial charge on any atom is -0.365 e. The molecule has 0 spiro atoms. The first kappa shape index (κ1) is 14.1. The predicted molar refractivity (Wildman–Crippen MR) is 68.4 cm³/mol. The number of nitrogens with zero attached hydrogens (tertiary/aromatic N) is 2. The molecule has 8 heteroatoms. The lowest BCUT2D eigenvalue weighted by molar-refractivity contribution is -0.141. The van der Waals surface area contributed by atoms with E-state index in [0.29, 0.717) is 6.54 Å². The van der Waals surface area contributed by atoms with Gasteiger partial charge >= 0.3 is 6.18 Å². The van der Waals surface area contributed by atoms with Gasteiger partial charge in [0.1, 0.15) is 5.82 Å². The van der Waals surface area contributed by atoms with E-state index >= 15 is 0 Å². The van der Waals surface area contributed by atoms with Crippen molar-refractivity contribution in [3.8, 4) is 0 Å². The summed E-state index contributed by atoms with van der Waals surface area (Å²) in [6.07, 6.45) is -4.54. The minimum atomic E-state index is -4.54. The molecule has 0 saturated heterocycles. The molecular weight excluding hydrogens is 299 g/mol. The van der Waals surface area contributed by atoms with Crippen LogP contribution >= 0.6 is 22.9 Å². The van der Waals surface area contributed by atoms with Gasteiger partial charge < -0.3 is 5.32 Å². The first-order valence-corrected chi connectivity index (χ1v) is 6.45. The second-order valence-electron chi connectivity index (χ2n) is 3.77. The molecule has 2 aromatic heterocycles. The number of nitrogens with one attached hydrogen (secondary N) is 1. The van der Waals surface area contributed by atoms with E-state index < -0.39 is 17.2 Å². The van der Waals surface area contributed by atoms with Crippen molar-refractivity contribution >= 4 is 28.8 Å². The largest absolute Gasteiger partial charge is 0.433 e. The predicted octanol–water partition coefficient (Wildman–Crippen LogP) is 4.13. The minimum absolute atomic E-state index is 0.0541. The van der Waals surface area contributed by atoms with E-state index in [1.165, 1.54) is 0 Å². The molecule has 2 heterocycles. The lowest BCUT2D eigenvalue weighted by Crippen LogP contribution is -2.11. The molecule has 2 rings (SSSR count). The third-order valence-corrected chi connectivity index (χ3v) is 3.40. The first-order valence-electron chi connectivity index (χ1n) is 5.25. The maximum Gasteiger partial charge on any atom is 0.433 e. The fraction of sp³-hybridized carbons (Fsp3) is 0.273. The number of hydrogen-bond acceptors (Lipinski definition) is 4. The van der Waals surface area contributed by atoms with E-state index in [0.717, 1.165) is 15.8 Å². The van der Waals surface area contributed by atoms with Crippen LogP contribution in [0.2, 0.25) is 5.28 Å². The second kappa shape index (κ2) is 5.34. The van der Waals surface area contributed by atoms with Gasteiger partial charge in [0.25, 0.3) is 0 Å². The summed E-state index contributed by atoms with van der Waals surface area (Å²) in [5.41, 5.74) is -1.06. The van der Waals surface area contributed by atoms with Crippen molar-refractivity contribution in [3.63, 3.8) is 0 Å². The van der Waals surface area contributed by atoms with Gasteiger partial charge in [0.15, 0.2) is 5.69 Å². The Hall–Kier alpha value is -1.34. The van der Waals surface area contributed by atoms with Crippen LogP contribution in [0, 0.1) is 6.92 Å². The lowest BCUT2D eigenvalue weighted by Gasteiger charge is -2.09. The van der Waals surface area contributed by atoms with E-state index in [4.69, 9.17) is 11.6 Å². The molecule has 0 aromatic carbocycles. The molecule has 0 radical (unpaired) electrons. The first-order chi connectivity index (χ1) is 8.84. The molecule has 0 saturated carbocycles. The van der Waals surface area contributed by atoms with Crippen molar-refractivity contribution in [2.75, 3.05) is 5.32 Å². The smallest absolute Gasteiger partial charge is 0.365 e. The summed E-state index contributed by atoms with van der Waals surface area (Å²) in [4.78, 5) is 9.01. The van der Waals surface area contributed by atoms with Gasteiger partial charge in [0, 0.05) is 15.8 Å². The summed E-state index contributed by atoms with van der Waals surface area (Å²) in [7, 11) is 0. The SMILES string of the molecule is Cc1ccc(CNc2cc(C(F)(F)F)nc(Cl)n2)s1. The van der Waals surface area contributed by atoms with E-state index in [1.54, 1.807) is 11.3 Å². The Bertz CT molecular complexity index is 583. The Morgan fingerprint density at radius 3 is 2.63 bits per heavy atom. The van der Waals surface area contributed by atoms with Crippen LogP contribution in [0.25, 0.3) is 0 Å². The maximum atomic E-state index is 12.5. The van der Waals surface area contributed by atoms with Crippen LogP contribution in [0.1, 0.15) is 15.4 Å². The molecule has 19 heavy (non-hydrogen) atoms. The van der Waals surface area contributed by atoms with E-state index in [-0.39, 0.29) is 5.82 Å². The molecule has 0 aliphatic carbocycles. The van der Waals surface area contributed by atoms with Crippen LogP contribution < -0.4 is 5.32 Å². The van der Waals surface area contributed by atoms with Crippen LogP contribution in [0.4, 0.5) is 19.0 Å². The summed E-state index contributed by atoms with van der Waals surface area (Å²) >= 11 is 7.04. The normalized spacial score (nSPS) is 11.6. The van der Waals surface area contributed by atoms with Gasteiger partial charge in [-0.25, -0.2) is 9.97 Å². The number of aryl methyl sites for hydroxylation is 1. The summed E-state index contributed by atoms with van der Waals surface area (Å²) in [5.74, 6) is 0.0541. The van der Waals surface area contributed by atoms with Gasteiger partial charge in [-0.1, -0.05) is 0 Å². The van der Waals surface area contributed by atoms with Gasteiger partial charge in [-0.3, -0.25) is 0 Å². The monoisotopic (exact) mass is 307 g/mol. The van der Waals surface area contributed by atoms with Gasteiger partial charge in [-0.2, -0.15) is 13.2 Å². The van der Waals surface area contributed by atoms with E-state index in [9.17, 15) is 13.2 Å². The Morgan fingerprint density at radius 1 is 1.32 bits per heavy atom. The molecule has 0 bridgehead atoms. The molecular formula is C11H9ClF3N3S. The van der Waals surface area contributed by atoms with Gasteiger partial charge in [-0.15, -0.1) is 11.3 Å².